The van der Waals surface area contributed by atoms with Crippen molar-refractivity contribution in [3.05, 3.63) is 36.7 Å². The molecule has 0 unspecified atom stereocenters. The van der Waals surface area contributed by atoms with Crippen LogP contribution in [0.2, 0.25) is 0 Å². The zero-order valence-electron chi connectivity index (χ0n) is 17.0. The van der Waals surface area contributed by atoms with Crippen molar-refractivity contribution in [2.24, 2.45) is 0 Å². The lowest BCUT2D eigenvalue weighted by atomic mass is 10.2. The Kier molecular flexibility index (Phi) is 5.52. The van der Waals surface area contributed by atoms with Crippen molar-refractivity contribution < 1.29 is 4.74 Å². The predicted molar refractivity (Wildman–Crippen MR) is 114 cm³/mol. The first-order valence-corrected chi connectivity index (χ1v) is 10.7. The number of rotatable bonds is 4. The molecule has 2 aliphatic heterocycles. The van der Waals surface area contributed by atoms with Crippen LogP contribution >= 0.6 is 0 Å². The van der Waals surface area contributed by atoms with E-state index in [9.17, 15) is 0 Å². The first kappa shape index (κ1) is 18.9. The summed E-state index contributed by atoms with van der Waals surface area (Å²) in [5.74, 6) is 2.78. The standard InChI is InChI=1S/C21H26N8O/c1-2-4-11-27(10-3-1)20-24-19(25-21(26-20)28-13-15-30-16-14-28)17-7-5-8-18(23-17)29-12-6-9-22-29/h5-9,12H,1-4,10-11,13-16H2. The Labute approximate surface area is 175 Å². The van der Waals surface area contributed by atoms with Crippen molar-refractivity contribution >= 4 is 11.9 Å². The summed E-state index contributed by atoms with van der Waals surface area (Å²) >= 11 is 0. The van der Waals surface area contributed by atoms with E-state index < -0.39 is 0 Å². The molecule has 5 rings (SSSR count). The van der Waals surface area contributed by atoms with Crippen molar-refractivity contribution in [2.45, 2.75) is 25.7 Å². The van der Waals surface area contributed by atoms with E-state index in [1.165, 1.54) is 25.7 Å². The number of aromatic nitrogens is 6. The molecule has 0 aromatic carbocycles. The third-order valence-electron chi connectivity index (χ3n) is 5.50. The van der Waals surface area contributed by atoms with E-state index in [1.807, 2.05) is 30.5 Å². The monoisotopic (exact) mass is 406 g/mol. The van der Waals surface area contributed by atoms with Crippen LogP contribution in [-0.4, -0.2) is 69.1 Å². The van der Waals surface area contributed by atoms with Crippen molar-refractivity contribution in [1.29, 1.82) is 0 Å². The third-order valence-corrected chi connectivity index (χ3v) is 5.50. The molecule has 0 bridgehead atoms. The normalized spacial score (nSPS) is 17.7. The van der Waals surface area contributed by atoms with Crippen molar-refractivity contribution in [3.8, 4) is 17.3 Å². The van der Waals surface area contributed by atoms with Crippen LogP contribution in [0.1, 0.15) is 25.7 Å². The van der Waals surface area contributed by atoms with E-state index in [-0.39, 0.29) is 0 Å². The molecule has 0 N–H and O–H groups in total. The molecule has 0 saturated carbocycles. The summed E-state index contributed by atoms with van der Waals surface area (Å²) in [7, 11) is 0. The molecule has 0 aliphatic carbocycles. The third kappa shape index (κ3) is 4.11. The highest BCUT2D eigenvalue weighted by atomic mass is 16.5. The van der Waals surface area contributed by atoms with E-state index in [0.29, 0.717) is 25.0 Å². The number of hydrogen-bond donors (Lipinski definition) is 0. The van der Waals surface area contributed by atoms with Gasteiger partial charge in [0.15, 0.2) is 11.6 Å². The summed E-state index contributed by atoms with van der Waals surface area (Å²) in [6.07, 6.45) is 8.48. The van der Waals surface area contributed by atoms with Gasteiger partial charge in [0, 0.05) is 38.6 Å². The zero-order valence-corrected chi connectivity index (χ0v) is 17.0. The topological polar surface area (TPSA) is 85.1 Å². The molecule has 2 saturated heterocycles. The van der Waals surface area contributed by atoms with Crippen LogP contribution in [0.3, 0.4) is 0 Å². The Morgan fingerprint density at radius 2 is 1.47 bits per heavy atom. The fourth-order valence-corrected chi connectivity index (χ4v) is 3.87. The number of nitrogens with zero attached hydrogens (tertiary/aromatic N) is 8. The molecule has 2 fully saturated rings. The zero-order chi connectivity index (χ0) is 20.2. The number of pyridine rings is 1. The summed E-state index contributed by atoms with van der Waals surface area (Å²) < 4.78 is 7.25. The fraction of sp³-hybridized carbons (Fsp3) is 0.476. The molecule has 2 aliphatic rings. The molecule has 3 aromatic rings. The number of hydrogen-bond acceptors (Lipinski definition) is 8. The number of ether oxygens (including phenoxy) is 1. The summed E-state index contributed by atoms with van der Waals surface area (Å²) in [4.78, 5) is 23.7. The van der Waals surface area contributed by atoms with E-state index in [1.54, 1.807) is 10.9 Å². The predicted octanol–water partition coefficient (Wildman–Crippen LogP) is 2.34. The van der Waals surface area contributed by atoms with Gasteiger partial charge in [0.2, 0.25) is 11.9 Å². The molecule has 0 amide bonds. The molecule has 0 atom stereocenters. The van der Waals surface area contributed by atoms with Gasteiger partial charge in [-0.1, -0.05) is 18.9 Å². The van der Waals surface area contributed by atoms with Gasteiger partial charge < -0.3 is 14.5 Å². The largest absolute Gasteiger partial charge is 0.378 e. The van der Waals surface area contributed by atoms with E-state index in [2.05, 4.69) is 14.9 Å². The van der Waals surface area contributed by atoms with Gasteiger partial charge in [-0.05, 0) is 31.0 Å². The summed E-state index contributed by atoms with van der Waals surface area (Å²) in [6, 6.07) is 7.71. The maximum absolute atomic E-state index is 5.51. The first-order chi connectivity index (χ1) is 14.9. The highest BCUT2D eigenvalue weighted by molar-refractivity contribution is 5.56. The minimum absolute atomic E-state index is 0.597. The summed E-state index contributed by atoms with van der Waals surface area (Å²) in [5, 5.41) is 4.28. The molecule has 9 nitrogen and oxygen atoms in total. The molecule has 156 valence electrons. The summed E-state index contributed by atoms with van der Waals surface area (Å²) in [5.41, 5.74) is 0.719. The number of anilines is 2. The summed E-state index contributed by atoms with van der Waals surface area (Å²) in [6.45, 7) is 4.90. The fourth-order valence-electron chi connectivity index (χ4n) is 3.87. The Morgan fingerprint density at radius 1 is 0.733 bits per heavy atom. The highest BCUT2D eigenvalue weighted by Gasteiger charge is 2.21. The minimum atomic E-state index is 0.597. The van der Waals surface area contributed by atoms with E-state index in [4.69, 9.17) is 24.7 Å². The maximum atomic E-state index is 5.51. The van der Waals surface area contributed by atoms with Crippen LogP contribution in [0.25, 0.3) is 17.3 Å². The van der Waals surface area contributed by atoms with Crippen LogP contribution < -0.4 is 9.80 Å². The lowest BCUT2D eigenvalue weighted by Gasteiger charge is -2.28. The van der Waals surface area contributed by atoms with Crippen LogP contribution in [0.5, 0.6) is 0 Å². The Hall–Kier alpha value is -3.07. The Balaban J connectivity index is 1.54. The quantitative estimate of drug-likeness (QED) is 0.653. The number of morpholine rings is 1. The van der Waals surface area contributed by atoms with Gasteiger partial charge in [-0.2, -0.15) is 20.1 Å². The van der Waals surface area contributed by atoms with E-state index in [0.717, 1.165) is 43.6 Å². The Morgan fingerprint density at radius 3 is 2.17 bits per heavy atom. The molecule has 3 aromatic heterocycles. The van der Waals surface area contributed by atoms with Gasteiger partial charge >= 0.3 is 0 Å². The minimum Gasteiger partial charge on any atom is -0.378 e. The highest BCUT2D eigenvalue weighted by Crippen LogP contribution is 2.23. The maximum Gasteiger partial charge on any atom is 0.230 e. The second kappa shape index (κ2) is 8.74. The lowest BCUT2D eigenvalue weighted by molar-refractivity contribution is 0.122. The van der Waals surface area contributed by atoms with Gasteiger partial charge in [-0.25, -0.2) is 9.67 Å². The van der Waals surface area contributed by atoms with E-state index >= 15 is 0 Å². The van der Waals surface area contributed by atoms with Gasteiger partial charge in [0.25, 0.3) is 0 Å². The average molecular weight is 406 g/mol. The van der Waals surface area contributed by atoms with Crippen molar-refractivity contribution in [3.63, 3.8) is 0 Å². The van der Waals surface area contributed by atoms with Gasteiger partial charge in [0.05, 0.1) is 13.2 Å². The molecule has 5 heterocycles. The van der Waals surface area contributed by atoms with Crippen molar-refractivity contribution in [1.82, 2.24) is 29.7 Å². The molecular weight excluding hydrogens is 380 g/mol. The lowest BCUT2D eigenvalue weighted by Crippen LogP contribution is -2.38. The van der Waals surface area contributed by atoms with Gasteiger partial charge in [-0.15, -0.1) is 0 Å². The van der Waals surface area contributed by atoms with Crippen LogP contribution in [0, 0.1) is 0 Å². The molecule has 0 radical (unpaired) electrons. The molecule has 9 heteroatoms. The SMILES string of the molecule is c1cc(-c2nc(N3CCCCCC3)nc(N3CCOCC3)n2)nc(-n2cccn2)c1. The second-order valence-electron chi connectivity index (χ2n) is 7.59. The first-order valence-electron chi connectivity index (χ1n) is 10.7. The van der Waals surface area contributed by atoms with Crippen LogP contribution in [0.15, 0.2) is 36.7 Å². The van der Waals surface area contributed by atoms with Crippen molar-refractivity contribution in [2.75, 3.05) is 49.2 Å². The molecule has 30 heavy (non-hydrogen) atoms. The van der Waals surface area contributed by atoms with Gasteiger partial charge in [-0.3, -0.25) is 0 Å². The molecule has 0 spiro atoms. The second-order valence-corrected chi connectivity index (χ2v) is 7.59. The Bertz CT molecular complexity index is 963. The molecular formula is C21H26N8O. The van der Waals surface area contributed by atoms with Crippen LogP contribution in [-0.2, 0) is 4.74 Å². The van der Waals surface area contributed by atoms with Crippen LogP contribution in [0.4, 0.5) is 11.9 Å². The van der Waals surface area contributed by atoms with Gasteiger partial charge in [0.1, 0.15) is 5.69 Å². The smallest absolute Gasteiger partial charge is 0.230 e. The average Bonchev–Trinajstić information content (AvgIpc) is 3.22.